The van der Waals surface area contributed by atoms with E-state index in [-0.39, 0.29) is 5.82 Å². The lowest BCUT2D eigenvalue weighted by Crippen LogP contribution is -2.29. The maximum Gasteiger partial charge on any atom is 0.137 e. The Labute approximate surface area is 117 Å². The van der Waals surface area contributed by atoms with Crippen LogP contribution < -0.4 is 5.32 Å². The van der Waals surface area contributed by atoms with Crippen molar-refractivity contribution in [2.45, 2.75) is 39.2 Å². The Bertz CT molecular complexity index is 394. The van der Waals surface area contributed by atoms with E-state index < -0.39 is 0 Å². The predicted octanol–water partition coefficient (Wildman–Crippen LogP) is 4.50. The number of nitrogens with one attached hydrogen (secondary N) is 1. The van der Waals surface area contributed by atoms with Gasteiger partial charge < -0.3 is 5.32 Å². The molecule has 2 unspecified atom stereocenters. The van der Waals surface area contributed by atoms with E-state index in [0.717, 1.165) is 30.5 Å². The third-order valence-corrected chi connectivity index (χ3v) is 4.62. The molecule has 3 heteroatoms. The van der Waals surface area contributed by atoms with Gasteiger partial charge in [-0.15, -0.1) is 0 Å². The largest absolute Gasteiger partial charge is 0.312 e. The molecule has 2 rings (SSSR count). The number of hydrogen-bond donors (Lipinski definition) is 1. The molecule has 0 radical (unpaired) electrons. The zero-order chi connectivity index (χ0) is 13.0. The summed E-state index contributed by atoms with van der Waals surface area (Å²) in [6.07, 6.45) is 5.48. The van der Waals surface area contributed by atoms with E-state index in [1.165, 1.54) is 31.7 Å². The van der Waals surface area contributed by atoms with Gasteiger partial charge in [-0.3, -0.25) is 0 Å². The fourth-order valence-corrected chi connectivity index (χ4v) is 3.17. The van der Waals surface area contributed by atoms with Gasteiger partial charge in [-0.25, -0.2) is 4.39 Å². The quantitative estimate of drug-likeness (QED) is 0.862. The van der Waals surface area contributed by atoms with Crippen molar-refractivity contribution in [1.29, 1.82) is 0 Å². The maximum absolute atomic E-state index is 13.1. The van der Waals surface area contributed by atoms with Gasteiger partial charge in [-0.05, 0) is 58.4 Å². The third-order valence-electron chi connectivity index (χ3n) is 4.01. The van der Waals surface area contributed by atoms with Crippen LogP contribution in [-0.4, -0.2) is 6.54 Å². The molecule has 1 fully saturated rings. The van der Waals surface area contributed by atoms with Crippen molar-refractivity contribution in [3.8, 4) is 0 Å². The Morgan fingerprint density at radius 2 is 2.11 bits per heavy atom. The summed E-state index contributed by atoms with van der Waals surface area (Å²) < 4.78 is 13.6. The summed E-state index contributed by atoms with van der Waals surface area (Å²) in [5, 5.41) is 3.51. The van der Waals surface area contributed by atoms with Crippen LogP contribution in [-0.2, 0) is 6.54 Å². The molecule has 1 aliphatic rings. The molecule has 100 valence electrons. The fourth-order valence-electron chi connectivity index (χ4n) is 2.75. The van der Waals surface area contributed by atoms with Crippen LogP contribution in [0.25, 0.3) is 0 Å². The van der Waals surface area contributed by atoms with Crippen molar-refractivity contribution in [3.05, 3.63) is 34.1 Å². The molecule has 0 amide bonds. The highest BCUT2D eigenvalue weighted by atomic mass is 79.9. The lowest BCUT2D eigenvalue weighted by atomic mass is 9.80. The first-order chi connectivity index (χ1) is 8.66. The SMILES string of the molecule is CC1CCCCC1CNCc1ccc(F)c(Br)c1. The van der Waals surface area contributed by atoms with Crippen LogP contribution in [0.2, 0.25) is 0 Å². The van der Waals surface area contributed by atoms with Crippen molar-refractivity contribution in [3.63, 3.8) is 0 Å². The molecule has 0 aromatic heterocycles. The predicted molar refractivity (Wildman–Crippen MR) is 76.9 cm³/mol. The molecule has 2 atom stereocenters. The van der Waals surface area contributed by atoms with Crippen molar-refractivity contribution in [2.75, 3.05) is 6.54 Å². The second kappa shape index (κ2) is 6.67. The van der Waals surface area contributed by atoms with Gasteiger partial charge in [0.1, 0.15) is 5.82 Å². The smallest absolute Gasteiger partial charge is 0.137 e. The summed E-state index contributed by atoms with van der Waals surface area (Å²) in [5.41, 5.74) is 1.13. The van der Waals surface area contributed by atoms with Crippen molar-refractivity contribution >= 4 is 15.9 Å². The fraction of sp³-hybridized carbons (Fsp3) is 0.600. The first-order valence-corrected chi connectivity index (χ1v) is 7.61. The minimum absolute atomic E-state index is 0.195. The number of halogens is 2. The molecule has 1 aromatic carbocycles. The zero-order valence-electron chi connectivity index (χ0n) is 10.9. The standard InChI is InChI=1S/C15H21BrFN/c1-11-4-2-3-5-13(11)10-18-9-12-6-7-15(17)14(16)8-12/h6-8,11,13,18H,2-5,9-10H2,1H3. The molecule has 18 heavy (non-hydrogen) atoms. The molecular formula is C15H21BrFN. The van der Waals surface area contributed by atoms with Gasteiger partial charge in [-0.1, -0.05) is 32.3 Å². The molecular weight excluding hydrogens is 293 g/mol. The van der Waals surface area contributed by atoms with E-state index in [4.69, 9.17) is 0 Å². The van der Waals surface area contributed by atoms with E-state index in [2.05, 4.69) is 28.2 Å². The molecule has 0 saturated heterocycles. The molecule has 1 saturated carbocycles. The Kier molecular flexibility index (Phi) is 5.19. The van der Waals surface area contributed by atoms with Gasteiger partial charge in [0.2, 0.25) is 0 Å². The Hall–Kier alpha value is -0.410. The third kappa shape index (κ3) is 3.79. The Balaban J connectivity index is 1.79. The molecule has 1 nitrogen and oxygen atoms in total. The van der Waals surface area contributed by atoms with Gasteiger partial charge in [-0.2, -0.15) is 0 Å². The van der Waals surface area contributed by atoms with Gasteiger partial charge >= 0.3 is 0 Å². The topological polar surface area (TPSA) is 12.0 Å². The molecule has 1 N–H and O–H groups in total. The molecule has 1 aromatic rings. The second-order valence-electron chi connectivity index (χ2n) is 5.40. The Morgan fingerprint density at radius 1 is 1.33 bits per heavy atom. The summed E-state index contributed by atoms with van der Waals surface area (Å²) in [7, 11) is 0. The molecule has 0 bridgehead atoms. The monoisotopic (exact) mass is 313 g/mol. The van der Waals surface area contributed by atoms with Crippen LogP contribution in [0.5, 0.6) is 0 Å². The summed E-state index contributed by atoms with van der Waals surface area (Å²) >= 11 is 3.22. The van der Waals surface area contributed by atoms with Crippen LogP contribution in [0.4, 0.5) is 4.39 Å². The highest BCUT2D eigenvalue weighted by molar-refractivity contribution is 9.10. The van der Waals surface area contributed by atoms with Gasteiger partial charge in [0.05, 0.1) is 4.47 Å². The number of benzene rings is 1. The Morgan fingerprint density at radius 3 is 2.83 bits per heavy atom. The van der Waals surface area contributed by atoms with E-state index in [0.29, 0.717) is 4.47 Å². The summed E-state index contributed by atoms with van der Waals surface area (Å²) in [6.45, 7) is 4.26. The first-order valence-electron chi connectivity index (χ1n) is 6.81. The van der Waals surface area contributed by atoms with Crippen LogP contribution in [0.1, 0.15) is 38.2 Å². The van der Waals surface area contributed by atoms with Crippen LogP contribution in [0.3, 0.4) is 0 Å². The summed E-state index contributed by atoms with van der Waals surface area (Å²) in [4.78, 5) is 0. The maximum atomic E-state index is 13.1. The highest BCUT2D eigenvalue weighted by Gasteiger charge is 2.20. The van der Waals surface area contributed by atoms with E-state index in [9.17, 15) is 4.39 Å². The zero-order valence-corrected chi connectivity index (χ0v) is 12.5. The minimum Gasteiger partial charge on any atom is -0.312 e. The van der Waals surface area contributed by atoms with Gasteiger partial charge in [0.25, 0.3) is 0 Å². The summed E-state index contributed by atoms with van der Waals surface area (Å²) in [5.74, 6) is 1.45. The van der Waals surface area contributed by atoms with Crippen LogP contribution >= 0.6 is 15.9 Å². The van der Waals surface area contributed by atoms with Crippen molar-refractivity contribution in [1.82, 2.24) is 5.32 Å². The van der Waals surface area contributed by atoms with Gasteiger partial charge in [0.15, 0.2) is 0 Å². The highest BCUT2D eigenvalue weighted by Crippen LogP contribution is 2.28. The number of rotatable bonds is 4. The minimum atomic E-state index is -0.195. The number of hydrogen-bond acceptors (Lipinski definition) is 1. The lowest BCUT2D eigenvalue weighted by Gasteiger charge is -2.28. The van der Waals surface area contributed by atoms with Crippen LogP contribution in [0.15, 0.2) is 22.7 Å². The molecule has 1 aliphatic carbocycles. The van der Waals surface area contributed by atoms with Gasteiger partial charge in [0, 0.05) is 6.54 Å². The van der Waals surface area contributed by atoms with Crippen LogP contribution in [0, 0.1) is 17.7 Å². The van der Waals surface area contributed by atoms with Crippen molar-refractivity contribution < 1.29 is 4.39 Å². The molecule has 0 heterocycles. The normalized spacial score (nSPS) is 24.2. The average molecular weight is 314 g/mol. The molecule has 0 spiro atoms. The first kappa shape index (κ1) is 14.0. The average Bonchev–Trinajstić information content (AvgIpc) is 2.36. The van der Waals surface area contributed by atoms with E-state index >= 15 is 0 Å². The molecule has 0 aliphatic heterocycles. The van der Waals surface area contributed by atoms with E-state index in [1.54, 1.807) is 0 Å². The second-order valence-corrected chi connectivity index (χ2v) is 6.26. The summed E-state index contributed by atoms with van der Waals surface area (Å²) in [6, 6.07) is 5.22. The lowest BCUT2D eigenvalue weighted by molar-refractivity contribution is 0.247. The van der Waals surface area contributed by atoms with E-state index in [1.807, 2.05) is 12.1 Å². The van der Waals surface area contributed by atoms with Crippen molar-refractivity contribution in [2.24, 2.45) is 11.8 Å².